The summed E-state index contributed by atoms with van der Waals surface area (Å²) in [5.74, 6) is 0. The van der Waals surface area contributed by atoms with Gasteiger partial charge in [0.1, 0.15) is 0 Å². The van der Waals surface area contributed by atoms with E-state index in [1.54, 1.807) is 0 Å². The Kier molecular flexibility index (Phi) is 186. The van der Waals surface area contributed by atoms with Crippen molar-refractivity contribution in [2.24, 2.45) is 0 Å². The fraction of sp³-hybridized carbons (Fsp3) is 0. The molecule has 0 saturated carbocycles. The van der Waals surface area contributed by atoms with Crippen molar-refractivity contribution in [3.8, 4) is 0 Å². The monoisotopic (exact) mass is 355 g/mol. The smallest absolute Gasteiger partial charge is 0.373 e. The van der Waals surface area contributed by atoms with Gasteiger partial charge in [-0.1, -0.05) is 0 Å². The molecule has 0 aliphatic rings. The van der Waals surface area contributed by atoms with E-state index in [-0.39, 0.29) is 44.4 Å². The quantitative estimate of drug-likeness (QED) is 0.270. The van der Waals surface area contributed by atoms with E-state index in [2.05, 4.69) is 0 Å². The maximum atomic E-state index is 6.75. The Morgan fingerprint density at radius 1 is 0.750 bits per heavy atom. The second-order valence-electron chi connectivity index (χ2n) is 0.179. The Hall–Kier alpha value is 0.0616. The van der Waals surface area contributed by atoms with Crippen molar-refractivity contribution in [1.82, 2.24) is 0 Å². The summed E-state index contributed by atoms with van der Waals surface area (Å²) in [6.07, 6.45) is 0. The summed E-state index contributed by atoms with van der Waals surface area (Å²) in [5, 5.41) is 0. The van der Waals surface area contributed by atoms with Crippen LogP contribution in [0.4, 0.5) is 0 Å². The second-order valence-corrected chi connectivity index (χ2v) is 0.179. The van der Waals surface area contributed by atoms with Gasteiger partial charge in [-0.2, -0.15) is 0 Å². The van der Waals surface area contributed by atoms with Crippen LogP contribution in [0.1, 0.15) is 0 Å². The molecule has 0 rings (SSSR count). The maximum Gasteiger partial charge on any atom is 2.00 e. The fourth-order valence-corrected chi connectivity index (χ4v) is 0. The standard InChI is InChI=1S/Cu.2N3.Pb/c;2*1-3-2;/q+2;2*-1;. The van der Waals surface area contributed by atoms with Crippen LogP contribution in [0.25, 0.3) is 31.9 Å². The first kappa shape index (κ1) is 24.4. The fourth-order valence-electron chi connectivity index (χ4n) is 0. The van der Waals surface area contributed by atoms with Gasteiger partial charge in [-0.25, -0.2) is 0 Å². The van der Waals surface area contributed by atoms with Gasteiger partial charge in [0.15, 0.2) is 0 Å². The summed E-state index contributed by atoms with van der Waals surface area (Å²) in [5.41, 5.74) is 27.0. The first-order valence-corrected chi connectivity index (χ1v) is 0.800. The third kappa shape index (κ3) is 41000. The van der Waals surface area contributed by atoms with Gasteiger partial charge < -0.3 is 22.1 Å². The van der Waals surface area contributed by atoms with Gasteiger partial charge in [0.05, 0.1) is 0 Å². The van der Waals surface area contributed by atoms with E-state index in [1.165, 1.54) is 9.82 Å². The number of hydrogen-bond donors (Lipinski definition) is 0. The average molecular weight is 355 g/mol. The Morgan fingerprint density at radius 2 is 0.750 bits per heavy atom. The third-order valence-corrected chi connectivity index (χ3v) is 0. The second kappa shape index (κ2) is 61.0. The zero-order valence-electron chi connectivity index (χ0n) is 3.48. The van der Waals surface area contributed by atoms with Gasteiger partial charge >= 0.3 is 17.1 Å². The Bertz CT molecular complexity index is 62.5. The maximum absolute atomic E-state index is 6.75. The van der Waals surface area contributed by atoms with Crippen molar-refractivity contribution in [1.29, 1.82) is 0 Å². The molecule has 8 heavy (non-hydrogen) atoms. The first-order valence-electron chi connectivity index (χ1n) is 0.800. The summed E-state index contributed by atoms with van der Waals surface area (Å²) in [6, 6.07) is 0. The molecule has 0 unspecified atom stereocenters. The van der Waals surface area contributed by atoms with Gasteiger partial charge in [-0.3, -0.25) is 9.82 Å². The van der Waals surface area contributed by atoms with Crippen LogP contribution in [0.3, 0.4) is 0 Å². The van der Waals surface area contributed by atoms with Crippen LogP contribution in [-0.4, -0.2) is 27.3 Å². The molecule has 0 aliphatic heterocycles. The molecule has 0 bridgehead atoms. The van der Waals surface area contributed by atoms with Gasteiger partial charge in [0.25, 0.3) is 0 Å². The number of hydrogen-bond acceptors (Lipinski definition) is 0. The molecule has 0 amide bonds. The Labute approximate surface area is 76.1 Å². The van der Waals surface area contributed by atoms with E-state index >= 15 is 0 Å². The van der Waals surface area contributed by atoms with E-state index in [0.717, 1.165) is 0 Å². The van der Waals surface area contributed by atoms with Crippen LogP contribution < -0.4 is 0 Å². The number of rotatable bonds is 0. The molecule has 0 aromatic carbocycles. The van der Waals surface area contributed by atoms with Crippen molar-refractivity contribution >= 4 is 27.3 Å². The predicted molar refractivity (Wildman–Crippen MR) is 25.9 cm³/mol. The molecule has 0 atom stereocenters. The van der Waals surface area contributed by atoms with Gasteiger partial charge in [0, 0.05) is 27.3 Å². The van der Waals surface area contributed by atoms with Crippen molar-refractivity contribution in [3.63, 3.8) is 0 Å². The van der Waals surface area contributed by atoms with Crippen molar-refractivity contribution in [2.75, 3.05) is 0 Å². The molecule has 0 saturated heterocycles. The SMILES string of the molecule is [Cu+2].[N-]=[N+]=[N-].[N-]=[N+]=[N-].[Pb]. The molecule has 45 valence electrons. The van der Waals surface area contributed by atoms with Crippen LogP contribution in [0.2, 0.25) is 0 Å². The van der Waals surface area contributed by atoms with Crippen LogP contribution in [0, 0.1) is 0 Å². The Balaban J connectivity index is -0.0000000160. The van der Waals surface area contributed by atoms with Crippen LogP contribution in [0.15, 0.2) is 0 Å². The molecule has 0 aromatic heterocycles. The predicted octanol–water partition coefficient (Wildman–Crippen LogP) is 1.35. The molecular formula is CuN6Pb. The van der Waals surface area contributed by atoms with Crippen molar-refractivity contribution in [3.05, 3.63) is 31.9 Å². The van der Waals surface area contributed by atoms with Crippen LogP contribution >= 0.6 is 0 Å². The largest absolute Gasteiger partial charge is 2.00 e. The molecule has 0 aromatic rings. The zero-order valence-corrected chi connectivity index (χ0v) is 8.31. The van der Waals surface area contributed by atoms with Crippen molar-refractivity contribution in [2.45, 2.75) is 0 Å². The Morgan fingerprint density at radius 3 is 0.750 bits per heavy atom. The minimum Gasteiger partial charge on any atom is -0.373 e. The summed E-state index contributed by atoms with van der Waals surface area (Å²) < 4.78 is 0. The third-order valence-electron chi connectivity index (χ3n) is 0. The molecule has 0 heterocycles. The van der Waals surface area contributed by atoms with E-state index < -0.39 is 0 Å². The van der Waals surface area contributed by atoms with Crippen molar-refractivity contribution < 1.29 is 17.1 Å². The molecule has 0 spiro atoms. The molecule has 6 nitrogen and oxygen atoms in total. The van der Waals surface area contributed by atoms with Crippen LogP contribution in [0.5, 0.6) is 0 Å². The average Bonchev–Trinajstić information content (AvgIpc) is 1.39. The first-order chi connectivity index (χ1) is 2.83. The molecular weight excluding hydrogens is 355 g/mol. The van der Waals surface area contributed by atoms with E-state index in [4.69, 9.17) is 22.1 Å². The van der Waals surface area contributed by atoms with Gasteiger partial charge in [0.2, 0.25) is 0 Å². The summed E-state index contributed by atoms with van der Waals surface area (Å²) in [7, 11) is 0. The van der Waals surface area contributed by atoms with E-state index in [9.17, 15) is 0 Å². The number of nitrogens with zero attached hydrogens (tertiary/aromatic N) is 6. The van der Waals surface area contributed by atoms with E-state index in [0.29, 0.717) is 0 Å². The summed E-state index contributed by atoms with van der Waals surface area (Å²) >= 11 is 0. The van der Waals surface area contributed by atoms with Gasteiger partial charge in [-0.05, 0) is 0 Å². The van der Waals surface area contributed by atoms with Gasteiger partial charge in [-0.15, -0.1) is 0 Å². The summed E-state index contributed by atoms with van der Waals surface area (Å²) in [4.78, 5) is 3.00. The molecule has 0 N–H and O–H groups in total. The molecule has 0 fully saturated rings. The molecule has 5 radical (unpaired) electrons. The minimum absolute atomic E-state index is 0. The topological polar surface area (TPSA) is 117 Å². The molecule has 0 aliphatic carbocycles. The van der Waals surface area contributed by atoms with Crippen LogP contribution in [-0.2, 0) is 17.1 Å². The zero-order chi connectivity index (χ0) is 5.41. The molecule has 8 heteroatoms. The van der Waals surface area contributed by atoms with E-state index in [1.807, 2.05) is 0 Å². The summed E-state index contributed by atoms with van der Waals surface area (Å²) in [6.45, 7) is 0. The normalized spacial score (nSPS) is 2.00. The minimum atomic E-state index is 0.